The van der Waals surface area contributed by atoms with E-state index in [1.807, 2.05) is 0 Å². The molecule has 7 nitrogen and oxygen atoms in total. The van der Waals surface area contributed by atoms with E-state index in [1.165, 1.54) is 12.1 Å². The van der Waals surface area contributed by atoms with E-state index in [0.29, 0.717) is 5.56 Å². The molecule has 1 aliphatic carbocycles. The second-order valence-electron chi connectivity index (χ2n) is 8.28. The number of rotatable bonds is 5. The van der Waals surface area contributed by atoms with E-state index in [4.69, 9.17) is 4.74 Å². The Kier molecular flexibility index (Phi) is 7.09. The van der Waals surface area contributed by atoms with E-state index in [-0.39, 0.29) is 16.9 Å². The molecule has 0 radical (unpaired) electrons. The molecule has 1 saturated carbocycles. The van der Waals surface area contributed by atoms with Crippen molar-refractivity contribution in [3.05, 3.63) is 29.8 Å². The van der Waals surface area contributed by atoms with Gasteiger partial charge in [0, 0.05) is 6.04 Å². The van der Waals surface area contributed by atoms with Crippen LogP contribution >= 0.6 is 0 Å². The molecule has 1 aromatic rings. The standard InChI is InChI=1S/C20H30N2O5S/c1-14(27-18(23)20(2,3)4)15-10-12-17(13-11-15)28(25,26)22-19(24)21-16-8-6-5-7-9-16/h10-14,16H,5-9H2,1-4H3,(H2,21,22,24). The summed E-state index contributed by atoms with van der Waals surface area (Å²) in [6.07, 6.45) is 4.45. The van der Waals surface area contributed by atoms with Gasteiger partial charge in [-0.1, -0.05) is 31.4 Å². The third kappa shape index (κ3) is 6.22. The van der Waals surface area contributed by atoms with Gasteiger partial charge in [0.15, 0.2) is 0 Å². The summed E-state index contributed by atoms with van der Waals surface area (Å²) >= 11 is 0. The van der Waals surface area contributed by atoms with E-state index < -0.39 is 27.6 Å². The summed E-state index contributed by atoms with van der Waals surface area (Å²) in [6.45, 7) is 7.02. The van der Waals surface area contributed by atoms with Crippen molar-refractivity contribution in [1.82, 2.24) is 10.0 Å². The summed E-state index contributed by atoms with van der Waals surface area (Å²) in [6, 6.07) is 5.26. The maximum absolute atomic E-state index is 12.4. The van der Waals surface area contributed by atoms with Crippen molar-refractivity contribution in [3.8, 4) is 0 Å². The molecule has 28 heavy (non-hydrogen) atoms. The Hall–Kier alpha value is -2.09. The lowest BCUT2D eigenvalue weighted by Crippen LogP contribution is -2.45. The first-order valence-electron chi connectivity index (χ1n) is 9.63. The van der Waals surface area contributed by atoms with Crippen LogP contribution in [0.3, 0.4) is 0 Å². The minimum absolute atomic E-state index is 0.0182. The highest BCUT2D eigenvalue weighted by molar-refractivity contribution is 7.90. The van der Waals surface area contributed by atoms with Crippen LogP contribution in [0.25, 0.3) is 0 Å². The Morgan fingerprint density at radius 2 is 1.64 bits per heavy atom. The van der Waals surface area contributed by atoms with Crippen molar-refractivity contribution in [2.75, 3.05) is 0 Å². The molecule has 0 saturated heterocycles. The Balaban J connectivity index is 1.98. The zero-order valence-corrected chi connectivity index (χ0v) is 17.8. The van der Waals surface area contributed by atoms with Gasteiger partial charge in [-0.2, -0.15) is 0 Å². The first kappa shape index (κ1) is 22.2. The van der Waals surface area contributed by atoms with Crippen LogP contribution in [0.2, 0.25) is 0 Å². The molecule has 1 unspecified atom stereocenters. The van der Waals surface area contributed by atoms with E-state index >= 15 is 0 Å². The van der Waals surface area contributed by atoms with Crippen LogP contribution in [0.15, 0.2) is 29.2 Å². The summed E-state index contributed by atoms with van der Waals surface area (Å²) in [5, 5.41) is 2.72. The number of hydrogen-bond donors (Lipinski definition) is 2. The number of benzene rings is 1. The maximum Gasteiger partial charge on any atom is 0.328 e. The monoisotopic (exact) mass is 410 g/mol. The molecule has 0 aliphatic heterocycles. The van der Waals surface area contributed by atoms with Crippen molar-refractivity contribution in [3.63, 3.8) is 0 Å². The van der Waals surface area contributed by atoms with Crippen LogP contribution in [0.5, 0.6) is 0 Å². The second-order valence-corrected chi connectivity index (χ2v) is 9.96. The molecule has 2 N–H and O–H groups in total. The molecule has 2 amide bonds. The minimum Gasteiger partial charge on any atom is -0.457 e. The zero-order valence-electron chi connectivity index (χ0n) is 16.9. The molecule has 156 valence electrons. The number of ether oxygens (including phenoxy) is 1. The summed E-state index contributed by atoms with van der Waals surface area (Å²) < 4.78 is 32.3. The minimum atomic E-state index is -3.97. The fourth-order valence-electron chi connectivity index (χ4n) is 2.97. The molecule has 2 rings (SSSR count). The van der Waals surface area contributed by atoms with Gasteiger partial charge in [-0.25, -0.2) is 17.9 Å². The van der Waals surface area contributed by atoms with E-state index in [1.54, 1.807) is 39.8 Å². The third-order valence-corrected chi connectivity index (χ3v) is 6.07. The van der Waals surface area contributed by atoms with Gasteiger partial charge in [-0.3, -0.25) is 4.79 Å². The molecule has 1 atom stereocenters. The molecule has 0 spiro atoms. The van der Waals surface area contributed by atoms with Gasteiger partial charge in [0.1, 0.15) is 6.10 Å². The van der Waals surface area contributed by atoms with Crippen LogP contribution in [0, 0.1) is 5.41 Å². The summed E-state index contributed by atoms with van der Waals surface area (Å²) in [7, 11) is -3.97. The number of amides is 2. The number of carbonyl (C=O) groups is 2. The van der Waals surface area contributed by atoms with Crippen molar-refractivity contribution in [1.29, 1.82) is 0 Å². The lowest BCUT2D eigenvalue weighted by atomic mass is 9.96. The first-order valence-corrected chi connectivity index (χ1v) is 11.1. The number of hydrogen-bond acceptors (Lipinski definition) is 5. The number of carbonyl (C=O) groups excluding carboxylic acids is 2. The van der Waals surface area contributed by atoms with Crippen LogP contribution in [0.4, 0.5) is 4.79 Å². The number of esters is 1. The largest absolute Gasteiger partial charge is 0.457 e. The smallest absolute Gasteiger partial charge is 0.328 e. The molecule has 0 bridgehead atoms. The van der Waals surface area contributed by atoms with Gasteiger partial charge in [0.05, 0.1) is 10.3 Å². The Labute approximate surface area is 167 Å². The molecular weight excluding hydrogens is 380 g/mol. The summed E-state index contributed by atoms with van der Waals surface area (Å²) in [5.41, 5.74) is 0.0517. The van der Waals surface area contributed by atoms with Crippen molar-refractivity contribution >= 4 is 22.0 Å². The summed E-state index contributed by atoms with van der Waals surface area (Å²) in [4.78, 5) is 24.0. The van der Waals surface area contributed by atoms with Gasteiger partial charge in [-0.05, 0) is 58.2 Å². The van der Waals surface area contributed by atoms with Gasteiger partial charge >= 0.3 is 12.0 Å². The quantitative estimate of drug-likeness (QED) is 0.722. The van der Waals surface area contributed by atoms with Gasteiger partial charge < -0.3 is 10.1 Å². The van der Waals surface area contributed by atoms with Crippen LogP contribution in [-0.4, -0.2) is 26.5 Å². The Morgan fingerprint density at radius 3 is 2.18 bits per heavy atom. The average Bonchev–Trinajstić information content (AvgIpc) is 2.61. The lowest BCUT2D eigenvalue weighted by molar-refractivity contribution is -0.158. The number of urea groups is 1. The Morgan fingerprint density at radius 1 is 1.07 bits per heavy atom. The van der Waals surface area contributed by atoms with E-state index in [2.05, 4.69) is 10.0 Å². The van der Waals surface area contributed by atoms with Gasteiger partial charge in [-0.15, -0.1) is 0 Å². The molecule has 0 heterocycles. The van der Waals surface area contributed by atoms with Gasteiger partial charge in [0.25, 0.3) is 10.0 Å². The molecule has 0 aromatic heterocycles. The number of nitrogens with one attached hydrogen (secondary N) is 2. The molecule has 1 aromatic carbocycles. The fraction of sp³-hybridized carbons (Fsp3) is 0.600. The van der Waals surface area contributed by atoms with E-state index in [9.17, 15) is 18.0 Å². The van der Waals surface area contributed by atoms with Crippen LogP contribution < -0.4 is 10.0 Å². The SMILES string of the molecule is CC(OC(=O)C(C)(C)C)c1ccc(S(=O)(=O)NC(=O)NC2CCCCC2)cc1. The highest BCUT2D eigenvalue weighted by Crippen LogP contribution is 2.24. The van der Waals surface area contributed by atoms with E-state index in [0.717, 1.165) is 32.1 Å². The highest BCUT2D eigenvalue weighted by atomic mass is 32.2. The normalized spacial score (nSPS) is 16.9. The van der Waals surface area contributed by atoms with Crippen LogP contribution in [-0.2, 0) is 19.6 Å². The third-order valence-electron chi connectivity index (χ3n) is 4.72. The number of sulfonamides is 1. The first-order chi connectivity index (χ1) is 13.0. The Bertz CT molecular complexity index is 791. The summed E-state index contributed by atoms with van der Waals surface area (Å²) in [5.74, 6) is -0.335. The highest BCUT2D eigenvalue weighted by Gasteiger charge is 2.26. The second kappa shape index (κ2) is 8.94. The van der Waals surface area contributed by atoms with Crippen LogP contribution in [0.1, 0.15) is 71.5 Å². The predicted octanol–water partition coefficient (Wildman–Crippen LogP) is 3.66. The molecule has 8 heteroatoms. The lowest BCUT2D eigenvalue weighted by Gasteiger charge is -2.23. The van der Waals surface area contributed by atoms with Crippen molar-refractivity contribution < 1.29 is 22.7 Å². The average molecular weight is 411 g/mol. The topological polar surface area (TPSA) is 102 Å². The molecular formula is C20H30N2O5S. The molecule has 1 fully saturated rings. The van der Waals surface area contributed by atoms with Crippen molar-refractivity contribution in [2.24, 2.45) is 5.41 Å². The van der Waals surface area contributed by atoms with Crippen molar-refractivity contribution in [2.45, 2.75) is 76.8 Å². The fourth-order valence-corrected chi connectivity index (χ4v) is 3.88. The predicted molar refractivity (Wildman–Crippen MR) is 106 cm³/mol. The van der Waals surface area contributed by atoms with Gasteiger partial charge in [0.2, 0.25) is 0 Å². The molecule has 1 aliphatic rings. The maximum atomic E-state index is 12.4. The zero-order chi connectivity index (χ0) is 20.9.